The molecular formula is C16H18N2O3. The lowest BCUT2D eigenvalue weighted by Crippen LogP contribution is -2.23. The van der Waals surface area contributed by atoms with Gasteiger partial charge in [-0.25, -0.2) is 0 Å². The zero-order valence-corrected chi connectivity index (χ0v) is 12.1. The number of esters is 1. The SMILES string of the molecule is CCC(C)C(=O)OCC(=O)Nc1cccc2ncccc12. The Kier molecular flexibility index (Phi) is 4.87. The van der Waals surface area contributed by atoms with Gasteiger partial charge in [0.25, 0.3) is 5.91 Å². The zero-order chi connectivity index (χ0) is 15.2. The van der Waals surface area contributed by atoms with E-state index in [1.54, 1.807) is 25.3 Å². The number of benzene rings is 1. The molecule has 0 spiro atoms. The monoisotopic (exact) mass is 286 g/mol. The van der Waals surface area contributed by atoms with Gasteiger partial charge in [0.2, 0.25) is 0 Å². The van der Waals surface area contributed by atoms with Crippen LogP contribution >= 0.6 is 0 Å². The fraction of sp³-hybridized carbons (Fsp3) is 0.312. The topological polar surface area (TPSA) is 68.3 Å². The van der Waals surface area contributed by atoms with E-state index in [1.807, 2.05) is 25.1 Å². The first-order valence-corrected chi connectivity index (χ1v) is 6.92. The molecule has 110 valence electrons. The van der Waals surface area contributed by atoms with Crippen LogP contribution < -0.4 is 5.32 Å². The second kappa shape index (κ2) is 6.83. The van der Waals surface area contributed by atoms with Crippen molar-refractivity contribution >= 4 is 28.5 Å². The summed E-state index contributed by atoms with van der Waals surface area (Å²) in [6, 6.07) is 9.16. The molecule has 5 heteroatoms. The molecule has 0 radical (unpaired) electrons. The van der Waals surface area contributed by atoms with E-state index in [9.17, 15) is 9.59 Å². The molecule has 0 saturated heterocycles. The lowest BCUT2D eigenvalue weighted by Gasteiger charge is -2.10. The molecule has 1 heterocycles. The second-order valence-corrected chi connectivity index (χ2v) is 4.84. The third-order valence-corrected chi connectivity index (χ3v) is 3.28. The van der Waals surface area contributed by atoms with Crippen LogP contribution in [-0.4, -0.2) is 23.5 Å². The van der Waals surface area contributed by atoms with E-state index in [2.05, 4.69) is 10.3 Å². The van der Waals surface area contributed by atoms with Gasteiger partial charge in [-0.05, 0) is 30.7 Å². The van der Waals surface area contributed by atoms with Gasteiger partial charge >= 0.3 is 5.97 Å². The van der Waals surface area contributed by atoms with Crippen LogP contribution in [0, 0.1) is 5.92 Å². The number of nitrogens with zero attached hydrogens (tertiary/aromatic N) is 1. The van der Waals surface area contributed by atoms with Crippen LogP contribution in [0.15, 0.2) is 36.5 Å². The van der Waals surface area contributed by atoms with E-state index in [1.165, 1.54) is 0 Å². The van der Waals surface area contributed by atoms with Crippen molar-refractivity contribution in [2.24, 2.45) is 5.92 Å². The number of nitrogens with one attached hydrogen (secondary N) is 1. The van der Waals surface area contributed by atoms with Crippen molar-refractivity contribution in [2.75, 3.05) is 11.9 Å². The van der Waals surface area contributed by atoms with E-state index in [4.69, 9.17) is 4.74 Å². The molecule has 2 aromatic rings. The second-order valence-electron chi connectivity index (χ2n) is 4.84. The lowest BCUT2D eigenvalue weighted by atomic mass is 10.1. The minimum absolute atomic E-state index is 0.195. The third-order valence-electron chi connectivity index (χ3n) is 3.28. The number of amides is 1. The Labute approximate surface area is 123 Å². The molecule has 2 rings (SSSR count). The number of anilines is 1. The predicted molar refractivity (Wildman–Crippen MR) is 80.8 cm³/mol. The third kappa shape index (κ3) is 3.78. The van der Waals surface area contributed by atoms with Gasteiger partial charge in [0.1, 0.15) is 0 Å². The van der Waals surface area contributed by atoms with Crippen LogP contribution in [0.3, 0.4) is 0 Å². The molecule has 0 aliphatic heterocycles. The lowest BCUT2D eigenvalue weighted by molar-refractivity contribution is -0.151. The molecule has 5 nitrogen and oxygen atoms in total. The molecule has 0 saturated carbocycles. The van der Waals surface area contributed by atoms with Gasteiger partial charge in [-0.2, -0.15) is 0 Å². The zero-order valence-electron chi connectivity index (χ0n) is 12.1. The molecule has 1 amide bonds. The van der Waals surface area contributed by atoms with Crippen LogP contribution in [0.1, 0.15) is 20.3 Å². The smallest absolute Gasteiger partial charge is 0.309 e. The molecule has 1 aromatic heterocycles. The summed E-state index contributed by atoms with van der Waals surface area (Å²) in [6.45, 7) is 3.39. The Morgan fingerprint density at radius 1 is 1.29 bits per heavy atom. The van der Waals surface area contributed by atoms with Crippen molar-refractivity contribution in [3.05, 3.63) is 36.5 Å². The summed E-state index contributed by atoms with van der Waals surface area (Å²) in [4.78, 5) is 27.6. The van der Waals surface area contributed by atoms with Gasteiger partial charge in [0, 0.05) is 11.6 Å². The van der Waals surface area contributed by atoms with Gasteiger partial charge in [-0.1, -0.05) is 19.9 Å². The number of aromatic nitrogens is 1. The van der Waals surface area contributed by atoms with Gasteiger partial charge in [0.05, 0.1) is 17.1 Å². The molecule has 1 aromatic carbocycles. The van der Waals surface area contributed by atoms with Crippen LogP contribution in [-0.2, 0) is 14.3 Å². The highest BCUT2D eigenvalue weighted by Crippen LogP contribution is 2.21. The van der Waals surface area contributed by atoms with Crippen LogP contribution in [0.5, 0.6) is 0 Å². The molecule has 0 bridgehead atoms. The van der Waals surface area contributed by atoms with E-state index in [-0.39, 0.29) is 24.4 Å². The highest BCUT2D eigenvalue weighted by molar-refractivity contribution is 6.01. The van der Waals surface area contributed by atoms with Gasteiger partial charge in [-0.3, -0.25) is 14.6 Å². The largest absolute Gasteiger partial charge is 0.455 e. The average molecular weight is 286 g/mol. The highest BCUT2D eigenvalue weighted by Gasteiger charge is 2.14. The summed E-state index contributed by atoms with van der Waals surface area (Å²) in [7, 11) is 0. The molecular weight excluding hydrogens is 268 g/mol. The number of fused-ring (bicyclic) bond motifs is 1. The minimum atomic E-state index is -0.358. The standard InChI is InChI=1S/C16H18N2O3/c1-3-11(2)16(20)21-10-15(19)18-14-8-4-7-13-12(14)6-5-9-17-13/h4-9,11H,3,10H2,1-2H3,(H,18,19). The van der Waals surface area contributed by atoms with Crippen LogP contribution in [0.25, 0.3) is 10.9 Å². The summed E-state index contributed by atoms with van der Waals surface area (Å²) < 4.78 is 4.97. The van der Waals surface area contributed by atoms with Crippen LogP contribution in [0.4, 0.5) is 5.69 Å². The van der Waals surface area contributed by atoms with Crippen molar-refractivity contribution in [1.29, 1.82) is 0 Å². The van der Waals surface area contributed by atoms with Crippen molar-refractivity contribution in [2.45, 2.75) is 20.3 Å². The summed E-state index contributed by atoms with van der Waals surface area (Å²) in [5, 5.41) is 3.59. The molecule has 1 N–H and O–H groups in total. The van der Waals surface area contributed by atoms with Gasteiger partial charge in [0.15, 0.2) is 6.61 Å². The first kappa shape index (κ1) is 15.0. The maximum Gasteiger partial charge on any atom is 0.309 e. The first-order chi connectivity index (χ1) is 10.1. The van der Waals surface area contributed by atoms with Crippen molar-refractivity contribution in [3.63, 3.8) is 0 Å². The maximum atomic E-state index is 11.9. The summed E-state index contributed by atoms with van der Waals surface area (Å²) in [5.41, 5.74) is 1.46. The predicted octanol–water partition coefficient (Wildman–Crippen LogP) is 2.76. The number of pyridine rings is 1. The van der Waals surface area contributed by atoms with Gasteiger partial charge < -0.3 is 10.1 Å². The fourth-order valence-electron chi connectivity index (χ4n) is 1.84. The quantitative estimate of drug-likeness (QED) is 0.858. The summed E-state index contributed by atoms with van der Waals surface area (Å²) >= 11 is 0. The molecule has 1 atom stereocenters. The Balaban J connectivity index is 2.00. The van der Waals surface area contributed by atoms with Crippen molar-refractivity contribution in [3.8, 4) is 0 Å². The number of hydrogen-bond donors (Lipinski definition) is 1. The number of rotatable bonds is 5. The molecule has 0 aliphatic carbocycles. The molecule has 1 unspecified atom stereocenters. The Morgan fingerprint density at radius 3 is 2.86 bits per heavy atom. The summed E-state index contributed by atoms with van der Waals surface area (Å²) in [6.07, 6.45) is 2.39. The van der Waals surface area contributed by atoms with Crippen molar-refractivity contribution < 1.29 is 14.3 Å². The molecule has 0 fully saturated rings. The first-order valence-electron chi connectivity index (χ1n) is 6.92. The molecule has 21 heavy (non-hydrogen) atoms. The van der Waals surface area contributed by atoms with E-state index >= 15 is 0 Å². The summed E-state index contributed by atoms with van der Waals surface area (Å²) in [5.74, 6) is -0.908. The van der Waals surface area contributed by atoms with E-state index in [0.717, 1.165) is 10.9 Å². The Bertz CT molecular complexity index is 650. The highest BCUT2D eigenvalue weighted by atomic mass is 16.5. The van der Waals surface area contributed by atoms with Gasteiger partial charge in [-0.15, -0.1) is 0 Å². The van der Waals surface area contributed by atoms with E-state index < -0.39 is 0 Å². The fourth-order valence-corrected chi connectivity index (χ4v) is 1.84. The number of hydrogen-bond acceptors (Lipinski definition) is 4. The maximum absolute atomic E-state index is 11.9. The number of carbonyl (C=O) groups excluding carboxylic acids is 2. The minimum Gasteiger partial charge on any atom is -0.455 e. The normalized spacial score (nSPS) is 11.9. The number of carbonyl (C=O) groups is 2. The van der Waals surface area contributed by atoms with Crippen LogP contribution in [0.2, 0.25) is 0 Å². The van der Waals surface area contributed by atoms with E-state index in [0.29, 0.717) is 12.1 Å². The Morgan fingerprint density at radius 2 is 2.10 bits per heavy atom. The van der Waals surface area contributed by atoms with Crippen molar-refractivity contribution in [1.82, 2.24) is 4.98 Å². The number of ether oxygens (including phenoxy) is 1. The molecule has 0 aliphatic rings. The average Bonchev–Trinajstić information content (AvgIpc) is 2.52. The Hall–Kier alpha value is -2.43.